The van der Waals surface area contributed by atoms with Crippen LogP contribution in [-0.2, 0) is 16.0 Å². The minimum absolute atomic E-state index is 0.147. The fourth-order valence-electron chi connectivity index (χ4n) is 4.49. The Morgan fingerprint density at radius 2 is 1.58 bits per heavy atom. The molecule has 0 unspecified atom stereocenters. The normalized spacial score (nSPS) is 16.2. The molecule has 0 bridgehead atoms. The van der Waals surface area contributed by atoms with Gasteiger partial charge in [-0.3, -0.25) is 30.0 Å². The van der Waals surface area contributed by atoms with Crippen LogP contribution in [0.4, 0.5) is 26.7 Å². The lowest BCUT2D eigenvalue weighted by atomic mass is 9.90. The summed E-state index contributed by atoms with van der Waals surface area (Å²) in [6.45, 7) is 3.35. The molecule has 0 radical (unpaired) electrons. The first-order chi connectivity index (χ1) is 18.1. The summed E-state index contributed by atoms with van der Waals surface area (Å²) in [7, 11) is 4.06. The zero-order valence-electron chi connectivity index (χ0n) is 21.5. The molecule has 1 heterocycles. The van der Waals surface area contributed by atoms with Crippen LogP contribution in [0.3, 0.4) is 0 Å². The first-order valence-electron chi connectivity index (χ1n) is 11.5. The molecular weight excluding hydrogens is 504 g/mol. The quantitative estimate of drug-likeness (QED) is 0.347. The highest BCUT2D eigenvalue weighted by molar-refractivity contribution is 5.91. The number of methoxy groups -OCH3 is 3. The van der Waals surface area contributed by atoms with Crippen molar-refractivity contribution in [3.63, 3.8) is 0 Å². The van der Waals surface area contributed by atoms with Crippen molar-refractivity contribution in [2.75, 3.05) is 32.8 Å². The van der Waals surface area contributed by atoms with Gasteiger partial charge in [0.05, 0.1) is 62.1 Å². The number of carbonyl (C=O) groups excluding carboxylic acids is 2. The van der Waals surface area contributed by atoms with Crippen molar-refractivity contribution in [2.24, 2.45) is 0 Å². The summed E-state index contributed by atoms with van der Waals surface area (Å²) in [5.41, 5.74) is 0.0781. The topological polar surface area (TPSA) is 164 Å². The molecule has 0 saturated heterocycles. The summed E-state index contributed by atoms with van der Waals surface area (Å²) < 4.78 is 21.1. The van der Waals surface area contributed by atoms with Crippen molar-refractivity contribution in [1.82, 2.24) is 4.90 Å². The Labute approximate surface area is 217 Å². The molecule has 204 valence electrons. The highest BCUT2D eigenvalue weighted by Gasteiger charge is 2.40. The van der Waals surface area contributed by atoms with Crippen molar-refractivity contribution >= 4 is 29.2 Å². The summed E-state index contributed by atoms with van der Waals surface area (Å²) in [6, 6.07) is 5.22. The SMILES string of the molecule is CCOC(=O)N1c2cc(OC)c(OC)cc2[C@@H](N(Cc2cc([N+](=O)[O-])cc([N+](=O)[O-])c2)C(=O)OC)C[C@H]1C. The molecule has 2 aromatic rings. The number of hydrogen-bond donors (Lipinski definition) is 0. The minimum atomic E-state index is -0.776. The third kappa shape index (κ3) is 5.53. The largest absolute Gasteiger partial charge is 0.493 e. The number of anilines is 1. The number of fused-ring (bicyclic) bond motifs is 1. The van der Waals surface area contributed by atoms with Crippen molar-refractivity contribution in [3.8, 4) is 11.5 Å². The predicted octanol–water partition coefficient (Wildman–Crippen LogP) is 4.59. The van der Waals surface area contributed by atoms with E-state index in [-0.39, 0.29) is 25.1 Å². The van der Waals surface area contributed by atoms with Gasteiger partial charge in [0.15, 0.2) is 11.5 Å². The van der Waals surface area contributed by atoms with Gasteiger partial charge in [0.1, 0.15) is 0 Å². The number of nitro groups is 2. The smallest absolute Gasteiger partial charge is 0.414 e. The standard InChI is InChI=1S/C24H28N4O10/c1-6-38-24(30)26-14(2)7-19(18-11-21(35-3)22(36-4)12-20(18)26)25(23(29)37-5)13-15-8-16(27(31)32)10-17(9-15)28(33)34/h8-12,14,19H,6-7,13H2,1-5H3/t14-,19+/m1/s1. The number of hydrogen-bond acceptors (Lipinski definition) is 10. The number of carbonyl (C=O) groups is 2. The number of amides is 2. The summed E-state index contributed by atoms with van der Waals surface area (Å²) in [5.74, 6) is 0.678. The lowest BCUT2D eigenvalue weighted by molar-refractivity contribution is -0.394. The summed E-state index contributed by atoms with van der Waals surface area (Å²) in [6.07, 6.45) is -1.14. The average molecular weight is 533 g/mol. The maximum atomic E-state index is 13.0. The van der Waals surface area contributed by atoms with Crippen LogP contribution in [0.2, 0.25) is 0 Å². The van der Waals surface area contributed by atoms with Gasteiger partial charge in [0, 0.05) is 29.8 Å². The molecule has 0 aromatic heterocycles. The van der Waals surface area contributed by atoms with Gasteiger partial charge in [-0.2, -0.15) is 0 Å². The van der Waals surface area contributed by atoms with Gasteiger partial charge >= 0.3 is 12.2 Å². The first kappa shape index (κ1) is 28.0. The van der Waals surface area contributed by atoms with Gasteiger partial charge in [-0.1, -0.05) is 0 Å². The molecule has 0 aliphatic carbocycles. The van der Waals surface area contributed by atoms with Crippen LogP contribution >= 0.6 is 0 Å². The van der Waals surface area contributed by atoms with E-state index >= 15 is 0 Å². The molecule has 0 fully saturated rings. The molecule has 0 spiro atoms. The molecule has 14 heteroatoms. The second kappa shape index (κ2) is 11.6. The van der Waals surface area contributed by atoms with E-state index in [1.165, 1.54) is 31.1 Å². The van der Waals surface area contributed by atoms with E-state index in [1.54, 1.807) is 26.0 Å². The number of non-ortho nitro benzene ring substituents is 2. The second-order valence-electron chi connectivity index (χ2n) is 8.41. The van der Waals surface area contributed by atoms with Crippen LogP contribution in [-0.4, -0.2) is 60.9 Å². The summed E-state index contributed by atoms with van der Waals surface area (Å²) in [4.78, 5) is 50.0. The van der Waals surface area contributed by atoms with Crippen LogP contribution in [0, 0.1) is 20.2 Å². The van der Waals surface area contributed by atoms with Crippen LogP contribution in [0.5, 0.6) is 11.5 Å². The van der Waals surface area contributed by atoms with Crippen molar-refractivity contribution in [2.45, 2.75) is 38.9 Å². The van der Waals surface area contributed by atoms with Crippen LogP contribution in [0.1, 0.15) is 37.4 Å². The van der Waals surface area contributed by atoms with E-state index in [1.807, 2.05) is 0 Å². The van der Waals surface area contributed by atoms with Crippen molar-refractivity contribution in [1.29, 1.82) is 0 Å². The monoisotopic (exact) mass is 532 g/mol. The fraction of sp³-hybridized carbons (Fsp3) is 0.417. The van der Waals surface area contributed by atoms with Gasteiger partial charge in [-0.25, -0.2) is 9.59 Å². The lowest BCUT2D eigenvalue weighted by Crippen LogP contribution is -2.47. The average Bonchev–Trinajstić information content (AvgIpc) is 2.89. The zero-order chi connectivity index (χ0) is 28.1. The number of ether oxygens (including phenoxy) is 4. The molecule has 0 N–H and O–H groups in total. The van der Waals surface area contributed by atoms with Crippen molar-refractivity contribution < 1.29 is 38.4 Å². The Hall–Kier alpha value is -4.62. The summed E-state index contributed by atoms with van der Waals surface area (Å²) >= 11 is 0. The Kier molecular flexibility index (Phi) is 8.55. The second-order valence-corrected chi connectivity index (χ2v) is 8.41. The Bertz CT molecular complexity index is 1220. The van der Waals surface area contributed by atoms with Crippen molar-refractivity contribution in [3.05, 3.63) is 61.7 Å². The maximum Gasteiger partial charge on any atom is 0.414 e. The van der Waals surface area contributed by atoms with E-state index in [0.717, 1.165) is 18.2 Å². The fourth-order valence-corrected chi connectivity index (χ4v) is 4.49. The van der Waals surface area contributed by atoms with Crippen LogP contribution in [0.25, 0.3) is 0 Å². The molecule has 2 aromatic carbocycles. The lowest BCUT2D eigenvalue weighted by Gasteiger charge is -2.42. The summed E-state index contributed by atoms with van der Waals surface area (Å²) in [5, 5.41) is 22.8. The van der Waals surface area contributed by atoms with E-state index < -0.39 is 45.5 Å². The van der Waals surface area contributed by atoms with E-state index in [2.05, 4.69) is 0 Å². The number of nitrogens with zero attached hydrogens (tertiary/aromatic N) is 4. The molecule has 1 aliphatic heterocycles. The minimum Gasteiger partial charge on any atom is -0.493 e. The first-order valence-corrected chi connectivity index (χ1v) is 11.5. The molecule has 2 amide bonds. The zero-order valence-corrected chi connectivity index (χ0v) is 21.5. The van der Waals surface area contributed by atoms with Gasteiger partial charge in [0.25, 0.3) is 11.4 Å². The van der Waals surface area contributed by atoms with E-state index in [9.17, 15) is 29.8 Å². The third-order valence-corrected chi connectivity index (χ3v) is 6.14. The van der Waals surface area contributed by atoms with E-state index in [0.29, 0.717) is 22.7 Å². The van der Waals surface area contributed by atoms with Gasteiger partial charge in [-0.05, 0) is 31.9 Å². The molecular formula is C24H28N4O10. The third-order valence-electron chi connectivity index (χ3n) is 6.14. The Morgan fingerprint density at radius 1 is 1.00 bits per heavy atom. The number of nitro benzene ring substituents is 2. The molecule has 38 heavy (non-hydrogen) atoms. The van der Waals surface area contributed by atoms with E-state index in [4.69, 9.17) is 18.9 Å². The molecule has 1 aliphatic rings. The van der Waals surface area contributed by atoms with Gasteiger partial charge in [-0.15, -0.1) is 0 Å². The molecule has 3 rings (SSSR count). The molecule has 2 atom stereocenters. The molecule has 14 nitrogen and oxygen atoms in total. The van der Waals surface area contributed by atoms with Crippen LogP contribution in [0.15, 0.2) is 30.3 Å². The highest BCUT2D eigenvalue weighted by Crippen LogP contribution is 2.46. The Morgan fingerprint density at radius 3 is 2.08 bits per heavy atom. The predicted molar refractivity (Wildman–Crippen MR) is 134 cm³/mol. The molecule has 0 saturated carbocycles. The van der Waals surface area contributed by atoms with Gasteiger partial charge < -0.3 is 18.9 Å². The highest BCUT2D eigenvalue weighted by atomic mass is 16.6. The maximum absolute atomic E-state index is 13.0. The number of rotatable bonds is 8. The number of benzene rings is 2. The van der Waals surface area contributed by atoms with Crippen LogP contribution < -0.4 is 14.4 Å². The van der Waals surface area contributed by atoms with Gasteiger partial charge in [0.2, 0.25) is 0 Å². The Balaban J connectivity index is 2.18.